The minimum atomic E-state index is -0.307. The Bertz CT molecular complexity index is 854. The molecule has 0 radical (unpaired) electrons. The van der Waals surface area contributed by atoms with E-state index in [0.29, 0.717) is 17.8 Å². The van der Waals surface area contributed by atoms with E-state index in [1.807, 2.05) is 19.1 Å². The quantitative estimate of drug-likeness (QED) is 0.750. The molecule has 0 aliphatic heterocycles. The number of carbonyl (C=O) groups is 2. The van der Waals surface area contributed by atoms with Crippen LogP contribution in [0.3, 0.4) is 0 Å². The first-order valence-electron chi connectivity index (χ1n) is 7.76. The van der Waals surface area contributed by atoms with Gasteiger partial charge in [0.1, 0.15) is 0 Å². The van der Waals surface area contributed by atoms with Crippen molar-refractivity contribution in [3.05, 3.63) is 83.6 Å². The lowest BCUT2D eigenvalue weighted by Crippen LogP contribution is -2.22. The van der Waals surface area contributed by atoms with Gasteiger partial charge in [0.2, 0.25) is 0 Å². The molecule has 2 N–H and O–H groups in total. The van der Waals surface area contributed by atoms with Crippen LogP contribution in [0.1, 0.15) is 32.2 Å². The van der Waals surface area contributed by atoms with Crippen molar-refractivity contribution in [2.75, 3.05) is 5.32 Å². The molecule has 0 aliphatic rings. The molecule has 0 unspecified atom stereocenters. The highest BCUT2D eigenvalue weighted by Crippen LogP contribution is 2.12. The minimum Gasteiger partial charge on any atom is -0.459 e. The SMILES string of the molecule is Cc1ccc(C(=O)NCc2ccc(NC(=O)c3ccco3)cc2)cn1. The first kappa shape index (κ1) is 16.4. The molecule has 0 aliphatic carbocycles. The molecule has 2 aromatic heterocycles. The molecule has 0 saturated carbocycles. The van der Waals surface area contributed by atoms with Gasteiger partial charge in [-0.2, -0.15) is 0 Å². The number of hydrogen-bond donors (Lipinski definition) is 2. The second-order valence-corrected chi connectivity index (χ2v) is 5.50. The largest absolute Gasteiger partial charge is 0.459 e. The zero-order valence-electron chi connectivity index (χ0n) is 13.7. The van der Waals surface area contributed by atoms with Crippen LogP contribution in [0.5, 0.6) is 0 Å². The minimum absolute atomic E-state index is 0.178. The van der Waals surface area contributed by atoms with Gasteiger partial charge in [-0.15, -0.1) is 0 Å². The first-order chi connectivity index (χ1) is 12.1. The number of nitrogens with one attached hydrogen (secondary N) is 2. The third-order valence-electron chi connectivity index (χ3n) is 3.58. The number of furan rings is 1. The first-order valence-corrected chi connectivity index (χ1v) is 7.76. The van der Waals surface area contributed by atoms with Crippen LogP contribution in [-0.2, 0) is 6.54 Å². The predicted molar refractivity (Wildman–Crippen MR) is 93.2 cm³/mol. The summed E-state index contributed by atoms with van der Waals surface area (Å²) in [6.45, 7) is 2.26. The van der Waals surface area contributed by atoms with Crippen molar-refractivity contribution in [2.45, 2.75) is 13.5 Å². The molecule has 0 fully saturated rings. The van der Waals surface area contributed by atoms with E-state index < -0.39 is 0 Å². The van der Waals surface area contributed by atoms with Crippen LogP contribution >= 0.6 is 0 Å². The zero-order chi connectivity index (χ0) is 17.6. The van der Waals surface area contributed by atoms with Crippen molar-refractivity contribution >= 4 is 17.5 Å². The molecule has 1 aromatic carbocycles. The van der Waals surface area contributed by atoms with Crippen molar-refractivity contribution < 1.29 is 14.0 Å². The Kier molecular flexibility index (Phi) is 4.89. The summed E-state index contributed by atoms with van der Waals surface area (Å²) in [5.74, 6) is -0.233. The summed E-state index contributed by atoms with van der Waals surface area (Å²) in [7, 11) is 0. The molecular formula is C19H17N3O3. The summed E-state index contributed by atoms with van der Waals surface area (Å²) in [5.41, 5.74) is 2.96. The van der Waals surface area contributed by atoms with Crippen molar-refractivity contribution in [2.24, 2.45) is 0 Å². The summed E-state index contributed by atoms with van der Waals surface area (Å²) >= 11 is 0. The van der Waals surface area contributed by atoms with Crippen LogP contribution in [0.15, 0.2) is 65.4 Å². The molecular weight excluding hydrogens is 318 g/mol. The van der Waals surface area contributed by atoms with Crippen molar-refractivity contribution in [1.29, 1.82) is 0 Å². The van der Waals surface area contributed by atoms with Crippen LogP contribution in [0.25, 0.3) is 0 Å². The molecule has 3 rings (SSSR count). The number of rotatable bonds is 5. The van der Waals surface area contributed by atoms with E-state index in [0.717, 1.165) is 11.3 Å². The molecule has 0 saturated heterocycles. The van der Waals surface area contributed by atoms with Gasteiger partial charge in [-0.1, -0.05) is 12.1 Å². The molecule has 0 atom stereocenters. The fourth-order valence-electron chi connectivity index (χ4n) is 2.19. The highest BCUT2D eigenvalue weighted by Gasteiger charge is 2.09. The second kappa shape index (κ2) is 7.44. The van der Waals surface area contributed by atoms with Gasteiger partial charge in [0.25, 0.3) is 11.8 Å². The fourth-order valence-corrected chi connectivity index (χ4v) is 2.19. The number of pyridine rings is 1. The van der Waals surface area contributed by atoms with Gasteiger partial charge in [-0.3, -0.25) is 14.6 Å². The van der Waals surface area contributed by atoms with Crippen LogP contribution < -0.4 is 10.6 Å². The van der Waals surface area contributed by atoms with Gasteiger partial charge < -0.3 is 15.1 Å². The number of nitrogens with zero attached hydrogens (tertiary/aromatic N) is 1. The Morgan fingerprint density at radius 1 is 1.04 bits per heavy atom. The van der Waals surface area contributed by atoms with Gasteiger partial charge in [0.15, 0.2) is 5.76 Å². The van der Waals surface area contributed by atoms with Crippen molar-refractivity contribution in [1.82, 2.24) is 10.3 Å². The molecule has 0 spiro atoms. The summed E-state index contributed by atoms with van der Waals surface area (Å²) in [4.78, 5) is 28.0. The maximum absolute atomic E-state index is 12.1. The second-order valence-electron chi connectivity index (χ2n) is 5.50. The van der Waals surface area contributed by atoms with E-state index in [2.05, 4.69) is 15.6 Å². The average molecular weight is 335 g/mol. The summed E-state index contributed by atoms with van der Waals surface area (Å²) < 4.78 is 5.04. The number of benzene rings is 1. The monoisotopic (exact) mass is 335 g/mol. The lowest BCUT2D eigenvalue weighted by Gasteiger charge is -2.07. The van der Waals surface area contributed by atoms with Crippen LogP contribution in [0, 0.1) is 6.92 Å². The standard InChI is InChI=1S/C19H17N3O3/c1-13-4-7-15(12-20-13)18(23)21-11-14-5-8-16(9-6-14)22-19(24)17-3-2-10-25-17/h2-10,12H,11H2,1H3,(H,21,23)(H,22,24). The summed E-state index contributed by atoms with van der Waals surface area (Å²) in [5, 5.41) is 5.58. The third kappa shape index (κ3) is 4.32. The molecule has 25 heavy (non-hydrogen) atoms. The molecule has 0 bridgehead atoms. The molecule has 2 heterocycles. The molecule has 2 amide bonds. The van der Waals surface area contributed by atoms with E-state index in [4.69, 9.17) is 4.42 Å². The molecule has 6 nitrogen and oxygen atoms in total. The lowest BCUT2D eigenvalue weighted by molar-refractivity contribution is 0.0949. The van der Waals surface area contributed by atoms with Gasteiger partial charge in [-0.25, -0.2) is 0 Å². The van der Waals surface area contributed by atoms with E-state index in [1.54, 1.807) is 42.6 Å². The number of anilines is 1. The van der Waals surface area contributed by atoms with E-state index in [-0.39, 0.29) is 17.6 Å². The Labute approximate surface area is 144 Å². The summed E-state index contributed by atoms with van der Waals surface area (Å²) in [6.07, 6.45) is 3.00. The Morgan fingerprint density at radius 2 is 1.84 bits per heavy atom. The normalized spacial score (nSPS) is 10.3. The van der Waals surface area contributed by atoms with Crippen molar-refractivity contribution in [3.63, 3.8) is 0 Å². The Hall–Kier alpha value is -3.41. The number of aromatic nitrogens is 1. The maximum Gasteiger partial charge on any atom is 0.291 e. The smallest absolute Gasteiger partial charge is 0.291 e. The average Bonchev–Trinajstić information content (AvgIpc) is 3.16. The molecule has 6 heteroatoms. The van der Waals surface area contributed by atoms with E-state index in [9.17, 15) is 9.59 Å². The fraction of sp³-hybridized carbons (Fsp3) is 0.105. The Balaban J connectivity index is 1.54. The molecule has 3 aromatic rings. The highest BCUT2D eigenvalue weighted by atomic mass is 16.3. The third-order valence-corrected chi connectivity index (χ3v) is 3.58. The highest BCUT2D eigenvalue weighted by molar-refractivity contribution is 6.02. The summed E-state index contributed by atoms with van der Waals surface area (Å²) in [6, 6.07) is 14.0. The predicted octanol–water partition coefficient (Wildman–Crippen LogP) is 3.17. The maximum atomic E-state index is 12.1. The van der Waals surface area contributed by atoms with Crippen molar-refractivity contribution in [3.8, 4) is 0 Å². The van der Waals surface area contributed by atoms with Gasteiger partial charge >= 0.3 is 0 Å². The number of amides is 2. The van der Waals surface area contributed by atoms with Gasteiger partial charge in [0.05, 0.1) is 11.8 Å². The Morgan fingerprint density at radius 3 is 2.48 bits per heavy atom. The molecule has 126 valence electrons. The van der Waals surface area contributed by atoms with E-state index in [1.165, 1.54) is 6.26 Å². The number of aryl methyl sites for hydroxylation is 1. The lowest BCUT2D eigenvalue weighted by atomic mass is 10.2. The zero-order valence-corrected chi connectivity index (χ0v) is 13.7. The number of carbonyl (C=O) groups excluding carboxylic acids is 2. The van der Waals surface area contributed by atoms with E-state index >= 15 is 0 Å². The van der Waals surface area contributed by atoms with Gasteiger partial charge in [-0.05, 0) is 48.9 Å². The van der Waals surface area contributed by atoms with Crippen LogP contribution in [-0.4, -0.2) is 16.8 Å². The number of hydrogen-bond acceptors (Lipinski definition) is 4. The van der Waals surface area contributed by atoms with Gasteiger partial charge in [0, 0.05) is 24.1 Å². The topological polar surface area (TPSA) is 84.2 Å². The van der Waals surface area contributed by atoms with Crippen LogP contribution in [0.4, 0.5) is 5.69 Å². The van der Waals surface area contributed by atoms with Crippen LogP contribution in [0.2, 0.25) is 0 Å².